The van der Waals surface area contributed by atoms with Gasteiger partial charge < -0.3 is 14.6 Å². The van der Waals surface area contributed by atoms with E-state index in [4.69, 9.17) is 9.47 Å². The molecule has 0 spiro atoms. The zero-order valence-corrected chi connectivity index (χ0v) is 19.0. The van der Waals surface area contributed by atoms with Crippen molar-refractivity contribution in [3.63, 3.8) is 0 Å². The first-order valence-electron chi connectivity index (χ1n) is 10.8. The van der Waals surface area contributed by atoms with E-state index < -0.39 is 29.3 Å². The van der Waals surface area contributed by atoms with Gasteiger partial charge in [0, 0.05) is 11.8 Å². The van der Waals surface area contributed by atoms with Gasteiger partial charge in [0.15, 0.2) is 0 Å². The number of aliphatic hydroxyl groups excluding tert-OH is 1. The van der Waals surface area contributed by atoms with Crippen molar-refractivity contribution in [3.8, 4) is 11.5 Å². The standard InChI is InChI=1S/C27H24FNO5/c1-4-34-20-10-6-9-19(15-20)29-24(17-8-5-7-16(2)13-17)23(26(31)27(29)32)25(30)21-14-18(28)11-12-22(21)33-3/h5-15,24,30H,4H2,1-3H3/b25-23+. The minimum Gasteiger partial charge on any atom is -0.507 e. The maximum Gasteiger partial charge on any atom is 0.300 e. The summed E-state index contributed by atoms with van der Waals surface area (Å²) in [7, 11) is 1.37. The summed E-state index contributed by atoms with van der Waals surface area (Å²) in [4.78, 5) is 27.9. The van der Waals surface area contributed by atoms with Gasteiger partial charge in [-0.1, -0.05) is 35.9 Å². The third kappa shape index (κ3) is 4.12. The molecule has 0 aromatic heterocycles. The number of benzene rings is 3. The molecule has 3 aromatic carbocycles. The third-order valence-electron chi connectivity index (χ3n) is 5.63. The fraction of sp³-hybridized carbons (Fsp3) is 0.185. The van der Waals surface area contributed by atoms with Crippen LogP contribution in [0.2, 0.25) is 0 Å². The van der Waals surface area contributed by atoms with Crippen LogP contribution in [0.3, 0.4) is 0 Å². The molecular formula is C27H24FNO5. The molecule has 0 saturated carbocycles. The Balaban J connectivity index is 1.97. The summed E-state index contributed by atoms with van der Waals surface area (Å²) in [5.41, 5.74) is 1.81. The minimum absolute atomic E-state index is 0.0128. The van der Waals surface area contributed by atoms with E-state index in [0.717, 1.165) is 11.6 Å². The van der Waals surface area contributed by atoms with Gasteiger partial charge in [0.1, 0.15) is 23.1 Å². The first kappa shape index (κ1) is 23.0. The van der Waals surface area contributed by atoms with Crippen molar-refractivity contribution in [2.75, 3.05) is 18.6 Å². The number of nitrogens with zero attached hydrogens (tertiary/aromatic N) is 1. The van der Waals surface area contributed by atoms with Crippen LogP contribution in [0.5, 0.6) is 11.5 Å². The largest absolute Gasteiger partial charge is 0.507 e. The Kier molecular flexibility index (Phi) is 6.36. The van der Waals surface area contributed by atoms with Gasteiger partial charge in [-0.15, -0.1) is 0 Å². The van der Waals surface area contributed by atoms with Crippen molar-refractivity contribution < 1.29 is 28.6 Å². The molecule has 1 unspecified atom stereocenters. The van der Waals surface area contributed by atoms with Crippen LogP contribution >= 0.6 is 0 Å². The van der Waals surface area contributed by atoms with Crippen molar-refractivity contribution in [3.05, 3.63) is 94.8 Å². The van der Waals surface area contributed by atoms with Gasteiger partial charge in [-0.2, -0.15) is 0 Å². The molecule has 1 saturated heterocycles. The zero-order valence-electron chi connectivity index (χ0n) is 19.0. The number of amides is 1. The molecule has 1 fully saturated rings. The molecule has 4 rings (SSSR count). The van der Waals surface area contributed by atoms with Crippen LogP contribution in [0.15, 0.2) is 72.3 Å². The van der Waals surface area contributed by atoms with E-state index in [9.17, 15) is 19.1 Å². The molecular weight excluding hydrogens is 437 g/mol. The van der Waals surface area contributed by atoms with Crippen molar-refractivity contribution in [1.82, 2.24) is 0 Å². The highest BCUT2D eigenvalue weighted by Gasteiger charge is 2.47. The lowest BCUT2D eigenvalue weighted by molar-refractivity contribution is -0.132. The summed E-state index contributed by atoms with van der Waals surface area (Å²) in [6, 6.07) is 16.8. The molecule has 0 radical (unpaired) electrons. The predicted octanol–water partition coefficient (Wildman–Crippen LogP) is 5.17. The van der Waals surface area contributed by atoms with Gasteiger partial charge in [-0.3, -0.25) is 14.5 Å². The fourth-order valence-corrected chi connectivity index (χ4v) is 4.15. The summed E-state index contributed by atoms with van der Waals surface area (Å²) in [5, 5.41) is 11.3. The third-order valence-corrected chi connectivity index (χ3v) is 5.63. The Hall–Kier alpha value is -4.13. The van der Waals surface area contributed by atoms with E-state index in [1.54, 1.807) is 30.3 Å². The van der Waals surface area contributed by atoms with E-state index in [0.29, 0.717) is 23.6 Å². The summed E-state index contributed by atoms with van der Waals surface area (Å²) >= 11 is 0. The molecule has 1 atom stereocenters. The monoisotopic (exact) mass is 461 g/mol. The first-order valence-corrected chi connectivity index (χ1v) is 10.8. The summed E-state index contributed by atoms with van der Waals surface area (Å²) < 4.78 is 24.9. The molecule has 1 aliphatic rings. The molecule has 1 heterocycles. The van der Waals surface area contributed by atoms with Gasteiger partial charge in [0.2, 0.25) is 0 Å². The molecule has 7 heteroatoms. The first-order chi connectivity index (χ1) is 16.3. The van der Waals surface area contributed by atoms with Crippen LogP contribution in [0.25, 0.3) is 5.76 Å². The second-order valence-electron chi connectivity index (χ2n) is 7.86. The van der Waals surface area contributed by atoms with Crippen LogP contribution in [0, 0.1) is 12.7 Å². The van der Waals surface area contributed by atoms with Crippen molar-refractivity contribution in [2.24, 2.45) is 0 Å². The molecule has 3 aromatic rings. The molecule has 1 aliphatic heterocycles. The number of aryl methyl sites for hydroxylation is 1. The number of carbonyl (C=O) groups excluding carboxylic acids is 2. The van der Waals surface area contributed by atoms with Gasteiger partial charge in [0.05, 0.1) is 30.9 Å². The van der Waals surface area contributed by atoms with Gasteiger partial charge in [-0.05, 0) is 49.7 Å². The summed E-state index contributed by atoms with van der Waals surface area (Å²) in [6.07, 6.45) is 0. The maximum absolute atomic E-state index is 14.1. The Labute approximate surface area is 196 Å². The van der Waals surface area contributed by atoms with Crippen LogP contribution < -0.4 is 14.4 Å². The van der Waals surface area contributed by atoms with E-state index >= 15 is 0 Å². The number of ether oxygens (including phenoxy) is 2. The number of aliphatic hydroxyl groups is 1. The number of anilines is 1. The van der Waals surface area contributed by atoms with Crippen LogP contribution in [0.1, 0.15) is 29.7 Å². The number of hydrogen-bond acceptors (Lipinski definition) is 5. The lowest BCUT2D eigenvalue weighted by Gasteiger charge is -2.26. The summed E-state index contributed by atoms with van der Waals surface area (Å²) in [6.45, 7) is 4.17. The maximum atomic E-state index is 14.1. The minimum atomic E-state index is -0.940. The predicted molar refractivity (Wildman–Crippen MR) is 127 cm³/mol. The van der Waals surface area contributed by atoms with Crippen molar-refractivity contribution in [1.29, 1.82) is 0 Å². The van der Waals surface area contributed by atoms with Gasteiger partial charge in [-0.25, -0.2) is 4.39 Å². The Morgan fingerprint density at radius 3 is 2.53 bits per heavy atom. The molecule has 34 heavy (non-hydrogen) atoms. The average Bonchev–Trinajstić information content (AvgIpc) is 3.09. The molecule has 174 valence electrons. The number of rotatable bonds is 6. The van der Waals surface area contributed by atoms with Crippen LogP contribution in [0.4, 0.5) is 10.1 Å². The quantitative estimate of drug-likeness (QED) is 0.312. The van der Waals surface area contributed by atoms with E-state index in [2.05, 4.69) is 0 Å². The van der Waals surface area contributed by atoms with Gasteiger partial charge in [0.25, 0.3) is 11.7 Å². The van der Waals surface area contributed by atoms with Crippen LogP contribution in [-0.4, -0.2) is 30.5 Å². The van der Waals surface area contributed by atoms with Crippen LogP contribution in [-0.2, 0) is 9.59 Å². The number of Topliss-reactive ketones (excluding diaryl/α,β-unsaturated/α-hetero) is 1. The highest BCUT2D eigenvalue weighted by Crippen LogP contribution is 2.44. The smallest absolute Gasteiger partial charge is 0.300 e. The Morgan fingerprint density at radius 1 is 1.06 bits per heavy atom. The SMILES string of the molecule is CCOc1cccc(N2C(=O)C(=O)/C(=C(/O)c3cc(F)ccc3OC)C2c2cccc(C)c2)c1. The number of hydrogen-bond donors (Lipinski definition) is 1. The molecule has 1 amide bonds. The molecule has 6 nitrogen and oxygen atoms in total. The number of ketones is 1. The second-order valence-corrected chi connectivity index (χ2v) is 7.86. The summed E-state index contributed by atoms with van der Waals surface area (Å²) in [5.74, 6) is -2.10. The van der Waals surface area contributed by atoms with E-state index in [1.165, 1.54) is 24.1 Å². The molecule has 0 bridgehead atoms. The van der Waals surface area contributed by atoms with Crippen molar-refractivity contribution in [2.45, 2.75) is 19.9 Å². The lowest BCUT2D eigenvalue weighted by Crippen LogP contribution is -2.29. The zero-order chi connectivity index (χ0) is 24.4. The second kappa shape index (κ2) is 9.39. The number of halogens is 1. The Bertz CT molecular complexity index is 1300. The highest BCUT2D eigenvalue weighted by atomic mass is 19.1. The lowest BCUT2D eigenvalue weighted by atomic mass is 9.94. The fourth-order valence-electron chi connectivity index (χ4n) is 4.15. The normalized spacial score (nSPS) is 17.2. The van der Waals surface area contributed by atoms with E-state index in [-0.39, 0.29) is 16.9 Å². The van der Waals surface area contributed by atoms with Crippen molar-refractivity contribution >= 4 is 23.1 Å². The average molecular weight is 461 g/mol. The van der Waals surface area contributed by atoms with Gasteiger partial charge >= 0.3 is 0 Å². The number of methoxy groups -OCH3 is 1. The highest BCUT2D eigenvalue weighted by molar-refractivity contribution is 6.51. The molecule has 0 aliphatic carbocycles. The Morgan fingerprint density at radius 2 is 1.82 bits per heavy atom. The number of carbonyl (C=O) groups is 2. The molecule has 1 N–H and O–H groups in total. The topological polar surface area (TPSA) is 76.1 Å². The van der Waals surface area contributed by atoms with E-state index in [1.807, 2.05) is 32.0 Å².